The van der Waals surface area contributed by atoms with E-state index < -0.39 is 18.6 Å². The number of thioether (sulfide) groups is 1. The number of allylic oxidation sites excluding steroid dienone is 4. The molecule has 42 heavy (non-hydrogen) atoms. The lowest BCUT2D eigenvalue weighted by Crippen LogP contribution is -2.51. The first-order valence-electron chi connectivity index (χ1n) is 13.9. The van der Waals surface area contributed by atoms with Crippen LogP contribution in [0, 0.1) is 28.8 Å². The fourth-order valence-corrected chi connectivity index (χ4v) is 9.22. The van der Waals surface area contributed by atoms with Crippen molar-refractivity contribution in [2.45, 2.75) is 82.1 Å². The molecule has 5 atom stereocenters. The van der Waals surface area contributed by atoms with Crippen LogP contribution in [0.5, 0.6) is 0 Å². The summed E-state index contributed by atoms with van der Waals surface area (Å²) < 4.78 is 24.0. The predicted octanol–water partition coefficient (Wildman–Crippen LogP) is 7.72. The predicted molar refractivity (Wildman–Crippen MR) is 194 cm³/mol. The third-order valence-corrected chi connectivity index (χ3v) is 11.7. The van der Waals surface area contributed by atoms with Crippen molar-refractivity contribution in [2.75, 3.05) is 19.5 Å². The first kappa shape index (κ1) is 39.8. The molecule has 5 rings (SSSR count). The molecule has 0 aliphatic heterocycles. The fraction of sp³-hybridized carbons (Fsp3) is 0.581. The van der Waals surface area contributed by atoms with E-state index >= 15 is 0 Å². The van der Waals surface area contributed by atoms with Crippen LogP contribution in [-0.2, 0) is 18.4 Å². The van der Waals surface area contributed by atoms with Gasteiger partial charge in [0.2, 0.25) is 0 Å². The molecule has 5 nitrogen and oxygen atoms in total. The Hall–Kier alpha value is -0.210. The van der Waals surface area contributed by atoms with Crippen LogP contribution in [0.15, 0.2) is 52.0 Å². The summed E-state index contributed by atoms with van der Waals surface area (Å²) >= 11 is 1.73. The Bertz CT molecular complexity index is 1280. The molecule has 4 aliphatic rings. The quantitative estimate of drug-likeness (QED) is 0.187. The van der Waals surface area contributed by atoms with Crippen LogP contribution >= 0.6 is 73.3 Å². The van der Waals surface area contributed by atoms with Gasteiger partial charge in [-0.3, -0.25) is 13.8 Å². The molecule has 0 saturated heterocycles. The van der Waals surface area contributed by atoms with E-state index in [1.807, 2.05) is 6.08 Å². The van der Waals surface area contributed by atoms with Gasteiger partial charge in [-0.1, -0.05) is 30.6 Å². The molecule has 2 saturated carbocycles. The monoisotopic (exact) mass is 690 g/mol. The first-order valence-corrected chi connectivity index (χ1v) is 16.7. The van der Waals surface area contributed by atoms with Crippen molar-refractivity contribution >= 4 is 79.1 Å². The molecular formula is C31H47O5PS5. The van der Waals surface area contributed by atoms with E-state index in [0.29, 0.717) is 18.8 Å². The highest BCUT2D eigenvalue weighted by Crippen LogP contribution is 2.67. The van der Waals surface area contributed by atoms with Gasteiger partial charge in [0, 0.05) is 28.3 Å². The highest BCUT2D eigenvalue weighted by atomic mass is 32.2. The van der Waals surface area contributed by atoms with Gasteiger partial charge in [0.05, 0.1) is 13.2 Å². The number of benzene rings is 1. The molecule has 1 N–H and O–H groups in total. The average Bonchev–Trinajstić information content (AvgIpc) is 3.17. The SMILES string of the molecule is CCOP(=O)(C#C[C@]1(O)CC[C@H]2[C@@H]3CCC4=CC(=O)CCC4=C3[C@@H](c3ccc(SC)cc3)C[C@@]21C)OCC.S.S.S.S. The molecule has 1 aromatic carbocycles. The number of carbonyl (C=O) groups excluding carboxylic acids is 1. The van der Waals surface area contributed by atoms with E-state index in [-0.39, 0.29) is 84.8 Å². The lowest BCUT2D eigenvalue weighted by Gasteiger charge is -2.53. The van der Waals surface area contributed by atoms with Crippen LogP contribution in [-0.4, -0.2) is 36.0 Å². The summed E-state index contributed by atoms with van der Waals surface area (Å²) in [5, 5.41) is 12.2. The summed E-state index contributed by atoms with van der Waals surface area (Å²) in [6, 6.07) is 8.82. The van der Waals surface area contributed by atoms with Crippen LogP contribution in [0.4, 0.5) is 0 Å². The van der Waals surface area contributed by atoms with Crippen molar-refractivity contribution in [2.24, 2.45) is 17.3 Å². The summed E-state index contributed by atoms with van der Waals surface area (Å²) in [7, 11) is -3.60. The molecule has 236 valence electrons. The van der Waals surface area contributed by atoms with Gasteiger partial charge < -0.3 is 5.11 Å². The summed E-state index contributed by atoms with van der Waals surface area (Å²) in [4.78, 5) is 13.5. The van der Waals surface area contributed by atoms with Crippen molar-refractivity contribution in [3.63, 3.8) is 0 Å². The molecule has 0 amide bonds. The van der Waals surface area contributed by atoms with Gasteiger partial charge in [-0.25, -0.2) is 4.57 Å². The van der Waals surface area contributed by atoms with Gasteiger partial charge >= 0.3 is 7.60 Å². The largest absolute Gasteiger partial charge is 0.405 e. The Labute approximate surface area is 284 Å². The molecule has 0 aromatic heterocycles. The molecule has 11 heteroatoms. The molecule has 4 aliphatic carbocycles. The van der Waals surface area contributed by atoms with Crippen LogP contribution in [0.3, 0.4) is 0 Å². The Morgan fingerprint density at radius 1 is 1.02 bits per heavy atom. The molecule has 0 unspecified atom stereocenters. The molecule has 1 aromatic rings. The number of rotatable bonds is 6. The molecule has 0 heterocycles. The van der Waals surface area contributed by atoms with Crippen molar-refractivity contribution in [1.82, 2.24) is 0 Å². The van der Waals surface area contributed by atoms with Crippen LogP contribution in [0.1, 0.15) is 77.2 Å². The van der Waals surface area contributed by atoms with Gasteiger partial charge in [0.25, 0.3) is 0 Å². The maximum atomic E-state index is 13.2. The molecule has 0 bridgehead atoms. The maximum absolute atomic E-state index is 13.2. The van der Waals surface area contributed by atoms with Crippen molar-refractivity contribution in [1.29, 1.82) is 0 Å². The number of ketones is 1. The minimum Gasteiger partial charge on any atom is -0.377 e. The van der Waals surface area contributed by atoms with Gasteiger partial charge in [0.15, 0.2) is 5.78 Å². The average molecular weight is 691 g/mol. The Kier molecular flexibility index (Phi) is 15.0. The molecular weight excluding hydrogens is 644 g/mol. The van der Waals surface area contributed by atoms with Gasteiger partial charge in [-0.05, 0) is 105 Å². The van der Waals surface area contributed by atoms with Gasteiger partial charge in [0.1, 0.15) is 5.60 Å². The molecule has 2 fully saturated rings. The minimum atomic E-state index is -3.60. The summed E-state index contributed by atoms with van der Waals surface area (Å²) in [6.45, 7) is 6.18. The number of aliphatic hydroxyl groups is 1. The third kappa shape index (κ3) is 7.26. The van der Waals surface area contributed by atoms with E-state index in [2.05, 4.69) is 49.0 Å². The van der Waals surface area contributed by atoms with Crippen molar-refractivity contribution in [3.05, 3.63) is 52.6 Å². The Morgan fingerprint density at radius 3 is 2.26 bits per heavy atom. The lowest BCUT2D eigenvalue weighted by molar-refractivity contribution is -0.114. The summed E-state index contributed by atoms with van der Waals surface area (Å²) in [5.74, 6) is 4.05. The van der Waals surface area contributed by atoms with Crippen LogP contribution in [0.25, 0.3) is 0 Å². The molecule has 0 radical (unpaired) electrons. The standard InChI is InChI=1S/C31H39O5PS.4H2S/c1-5-35-37(34,36-6-2)18-17-31(33)16-15-28-26-13-9-22-19-23(32)10-14-25(22)29(26)27(20-30(28,31)3)21-7-11-24(38-4)12-8-21;;;;/h7-8,11-12,19,26-28,33H,5-6,9-10,13-16,20H2,1-4H3;4*1H2/t26-,27+,28-,30-,31+;;;;/m0..../s1. The first-order chi connectivity index (χ1) is 18.2. The van der Waals surface area contributed by atoms with E-state index in [1.165, 1.54) is 27.2 Å². The Balaban J connectivity index is 0.00000220. The van der Waals surface area contributed by atoms with Crippen molar-refractivity contribution in [3.8, 4) is 11.6 Å². The van der Waals surface area contributed by atoms with E-state index in [1.54, 1.807) is 25.6 Å². The second kappa shape index (κ2) is 15.9. The van der Waals surface area contributed by atoms with Gasteiger partial charge in [-0.2, -0.15) is 54.0 Å². The zero-order valence-corrected chi connectivity index (χ0v) is 30.6. The van der Waals surface area contributed by atoms with Crippen LogP contribution < -0.4 is 0 Å². The topological polar surface area (TPSA) is 72.8 Å². The fourth-order valence-electron chi connectivity index (χ4n) is 7.61. The zero-order chi connectivity index (χ0) is 27.1. The van der Waals surface area contributed by atoms with E-state index in [4.69, 9.17) is 9.05 Å². The van der Waals surface area contributed by atoms with Crippen LogP contribution in [0.2, 0.25) is 0 Å². The number of hydrogen-bond donors (Lipinski definition) is 1. The lowest BCUT2D eigenvalue weighted by atomic mass is 9.51. The minimum absolute atomic E-state index is 0. The summed E-state index contributed by atoms with van der Waals surface area (Å²) in [6.07, 6.45) is 9.42. The van der Waals surface area contributed by atoms with E-state index in [9.17, 15) is 14.5 Å². The zero-order valence-electron chi connectivity index (χ0n) is 24.9. The number of hydrogen-bond acceptors (Lipinski definition) is 6. The smallest absolute Gasteiger partial charge is 0.377 e. The normalized spacial score (nSPS) is 29.5. The second-order valence-corrected chi connectivity index (χ2v) is 13.9. The van der Waals surface area contributed by atoms with Crippen molar-refractivity contribution < 1.29 is 23.5 Å². The highest BCUT2D eigenvalue weighted by Gasteiger charge is 2.62. The number of fused-ring (bicyclic) bond motifs is 4. The third-order valence-electron chi connectivity index (χ3n) is 9.40. The number of carbonyl (C=O) groups is 1. The highest BCUT2D eigenvalue weighted by molar-refractivity contribution is 7.98. The Morgan fingerprint density at radius 2 is 1.67 bits per heavy atom. The second-order valence-electron chi connectivity index (χ2n) is 11.2. The molecule has 0 spiro atoms. The maximum Gasteiger partial charge on any atom is 0.405 e. The van der Waals surface area contributed by atoms with Gasteiger partial charge in [-0.15, -0.1) is 11.8 Å². The van der Waals surface area contributed by atoms with E-state index in [0.717, 1.165) is 32.1 Å². The summed E-state index contributed by atoms with van der Waals surface area (Å²) in [5.41, 5.74) is 6.37.